The number of nitrogens with zero attached hydrogens (tertiary/aromatic N) is 2. The van der Waals surface area contributed by atoms with Crippen LogP contribution in [0.3, 0.4) is 0 Å². The highest BCUT2D eigenvalue weighted by molar-refractivity contribution is 7.10. The quantitative estimate of drug-likeness (QED) is 0.693. The third-order valence-corrected chi connectivity index (χ3v) is 3.72. The Kier molecular flexibility index (Phi) is 3.56. The lowest BCUT2D eigenvalue weighted by Gasteiger charge is -2.04. The maximum Gasteiger partial charge on any atom is 0.132 e. The first-order valence-corrected chi connectivity index (χ1v) is 7.06. The smallest absolute Gasteiger partial charge is 0.132 e. The van der Waals surface area contributed by atoms with E-state index < -0.39 is 0 Å². The van der Waals surface area contributed by atoms with E-state index in [1.54, 1.807) is 11.3 Å². The summed E-state index contributed by atoms with van der Waals surface area (Å²) in [6, 6.07) is 14.6. The molecule has 3 aromatic rings. The van der Waals surface area contributed by atoms with Crippen molar-refractivity contribution >= 4 is 23.5 Å². The van der Waals surface area contributed by atoms with E-state index in [9.17, 15) is 0 Å². The van der Waals surface area contributed by atoms with Gasteiger partial charge in [0.05, 0.1) is 0 Å². The Hall–Kier alpha value is -2.13. The van der Waals surface area contributed by atoms with E-state index in [-0.39, 0.29) is 0 Å². The molecule has 0 fully saturated rings. The van der Waals surface area contributed by atoms with E-state index in [1.807, 2.05) is 18.5 Å². The molecule has 0 saturated carbocycles. The highest BCUT2D eigenvalue weighted by atomic mass is 32.1. The summed E-state index contributed by atoms with van der Waals surface area (Å²) in [4.78, 5) is 5.64. The summed E-state index contributed by atoms with van der Waals surface area (Å²) < 4.78 is 2.15. The molecule has 19 heavy (non-hydrogen) atoms. The Bertz CT molecular complexity index is 651. The summed E-state index contributed by atoms with van der Waals surface area (Å²) in [5.41, 5.74) is 1.28. The first-order valence-electron chi connectivity index (χ1n) is 6.18. The highest BCUT2D eigenvalue weighted by Gasteiger charge is 2.00. The summed E-state index contributed by atoms with van der Waals surface area (Å²) >= 11 is 1.73. The van der Waals surface area contributed by atoms with Crippen molar-refractivity contribution in [3.63, 3.8) is 0 Å². The average molecular weight is 266 g/mol. The SMILES string of the molecule is C(=C\c1nccn1Cc1ccccc1)/c1cccs1. The van der Waals surface area contributed by atoms with Crippen LogP contribution in [-0.4, -0.2) is 9.55 Å². The summed E-state index contributed by atoms with van der Waals surface area (Å²) in [6.07, 6.45) is 8.03. The lowest BCUT2D eigenvalue weighted by Crippen LogP contribution is -2.00. The van der Waals surface area contributed by atoms with Crippen molar-refractivity contribution in [2.75, 3.05) is 0 Å². The van der Waals surface area contributed by atoms with Crippen molar-refractivity contribution in [3.05, 3.63) is 76.5 Å². The van der Waals surface area contributed by atoms with Gasteiger partial charge < -0.3 is 4.57 Å². The molecule has 0 amide bonds. The fraction of sp³-hybridized carbons (Fsp3) is 0.0625. The van der Waals surface area contributed by atoms with E-state index in [2.05, 4.69) is 63.5 Å². The van der Waals surface area contributed by atoms with Crippen molar-refractivity contribution in [2.45, 2.75) is 6.54 Å². The van der Waals surface area contributed by atoms with Crippen LogP contribution >= 0.6 is 11.3 Å². The molecule has 3 rings (SSSR count). The Morgan fingerprint density at radius 3 is 2.74 bits per heavy atom. The van der Waals surface area contributed by atoms with Crippen LogP contribution in [-0.2, 0) is 6.54 Å². The normalized spacial score (nSPS) is 11.2. The lowest BCUT2D eigenvalue weighted by atomic mass is 10.2. The first kappa shape index (κ1) is 11.9. The predicted molar refractivity (Wildman–Crippen MR) is 81.0 cm³/mol. The van der Waals surface area contributed by atoms with E-state index in [0.717, 1.165) is 12.4 Å². The van der Waals surface area contributed by atoms with Gasteiger partial charge in [0.15, 0.2) is 0 Å². The largest absolute Gasteiger partial charge is 0.327 e. The Labute approximate surface area is 116 Å². The van der Waals surface area contributed by atoms with E-state index in [1.165, 1.54) is 10.4 Å². The van der Waals surface area contributed by atoms with Gasteiger partial charge in [-0.3, -0.25) is 0 Å². The minimum Gasteiger partial charge on any atom is -0.327 e. The van der Waals surface area contributed by atoms with Crippen molar-refractivity contribution in [2.24, 2.45) is 0 Å². The Morgan fingerprint density at radius 2 is 1.95 bits per heavy atom. The molecule has 0 aliphatic heterocycles. The molecule has 0 spiro atoms. The minimum absolute atomic E-state index is 0.852. The summed E-state index contributed by atoms with van der Waals surface area (Å²) in [7, 11) is 0. The van der Waals surface area contributed by atoms with Crippen molar-refractivity contribution in [1.82, 2.24) is 9.55 Å². The van der Waals surface area contributed by atoms with Crippen LogP contribution in [0.1, 0.15) is 16.3 Å². The maximum atomic E-state index is 4.39. The molecule has 2 heterocycles. The number of imidazole rings is 1. The van der Waals surface area contributed by atoms with Gasteiger partial charge in [-0.05, 0) is 29.2 Å². The topological polar surface area (TPSA) is 17.8 Å². The van der Waals surface area contributed by atoms with Gasteiger partial charge in [-0.25, -0.2) is 4.98 Å². The third-order valence-electron chi connectivity index (χ3n) is 2.88. The van der Waals surface area contributed by atoms with E-state index in [0.29, 0.717) is 0 Å². The summed E-state index contributed by atoms with van der Waals surface area (Å²) in [6.45, 7) is 0.852. The predicted octanol–water partition coefficient (Wildman–Crippen LogP) is 4.16. The van der Waals surface area contributed by atoms with Gasteiger partial charge in [-0.1, -0.05) is 36.4 Å². The number of benzene rings is 1. The Balaban J connectivity index is 1.79. The minimum atomic E-state index is 0.852. The van der Waals surface area contributed by atoms with Crippen LogP contribution < -0.4 is 0 Å². The van der Waals surface area contributed by atoms with Gasteiger partial charge in [0.1, 0.15) is 5.82 Å². The molecule has 94 valence electrons. The number of hydrogen-bond acceptors (Lipinski definition) is 2. The van der Waals surface area contributed by atoms with Crippen LogP contribution in [0.2, 0.25) is 0 Å². The molecule has 3 heteroatoms. The molecule has 0 bridgehead atoms. The third kappa shape index (κ3) is 3.01. The van der Waals surface area contributed by atoms with E-state index >= 15 is 0 Å². The van der Waals surface area contributed by atoms with Gasteiger partial charge >= 0.3 is 0 Å². The molecule has 0 aliphatic carbocycles. The molecule has 0 saturated heterocycles. The number of thiophene rings is 1. The van der Waals surface area contributed by atoms with Crippen LogP contribution in [0.4, 0.5) is 0 Å². The van der Waals surface area contributed by atoms with Crippen molar-refractivity contribution in [1.29, 1.82) is 0 Å². The lowest BCUT2D eigenvalue weighted by molar-refractivity contribution is 0.787. The molecule has 2 nitrogen and oxygen atoms in total. The van der Waals surface area contributed by atoms with Crippen LogP contribution in [0, 0.1) is 0 Å². The molecular formula is C16H14N2S. The van der Waals surface area contributed by atoms with Crippen LogP contribution in [0.25, 0.3) is 12.2 Å². The summed E-state index contributed by atoms with van der Waals surface area (Å²) in [5, 5.41) is 2.08. The zero-order valence-corrected chi connectivity index (χ0v) is 11.3. The highest BCUT2D eigenvalue weighted by Crippen LogP contribution is 2.13. The number of hydrogen-bond donors (Lipinski definition) is 0. The maximum absolute atomic E-state index is 4.39. The fourth-order valence-corrected chi connectivity index (χ4v) is 2.55. The van der Waals surface area contributed by atoms with Crippen molar-refractivity contribution < 1.29 is 0 Å². The molecular weight excluding hydrogens is 252 g/mol. The van der Waals surface area contributed by atoms with Gasteiger partial charge in [-0.2, -0.15) is 0 Å². The molecule has 0 aliphatic rings. The van der Waals surface area contributed by atoms with E-state index in [4.69, 9.17) is 0 Å². The molecule has 0 radical (unpaired) electrons. The average Bonchev–Trinajstić information content (AvgIpc) is 3.09. The van der Waals surface area contributed by atoms with Gasteiger partial charge in [0.25, 0.3) is 0 Å². The second-order valence-corrected chi connectivity index (χ2v) is 5.23. The Morgan fingerprint density at radius 1 is 1.05 bits per heavy atom. The first-order chi connectivity index (χ1) is 9.42. The van der Waals surface area contributed by atoms with Gasteiger partial charge in [0.2, 0.25) is 0 Å². The van der Waals surface area contributed by atoms with Crippen LogP contribution in [0.5, 0.6) is 0 Å². The standard InChI is InChI=1S/C16H14N2S/c1-2-5-14(6-3-1)13-18-11-10-17-16(18)9-8-15-7-4-12-19-15/h1-12H,13H2/b9-8+. The molecule has 2 aromatic heterocycles. The molecule has 0 N–H and O–H groups in total. The molecule has 1 aromatic carbocycles. The zero-order valence-electron chi connectivity index (χ0n) is 10.4. The van der Waals surface area contributed by atoms with Gasteiger partial charge in [0, 0.05) is 23.8 Å². The summed E-state index contributed by atoms with van der Waals surface area (Å²) in [5.74, 6) is 0.984. The molecule has 0 unspecified atom stereocenters. The number of rotatable bonds is 4. The monoisotopic (exact) mass is 266 g/mol. The van der Waals surface area contributed by atoms with Gasteiger partial charge in [-0.15, -0.1) is 11.3 Å². The van der Waals surface area contributed by atoms with Crippen LogP contribution in [0.15, 0.2) is 60.2 Å². The zero-order chi connectivity index (χ0) is 12.9. The van der Waals surface area contributed by atoms with Crippen molar-refractivity contribution in [3.8, 4) is 0 Å². The number of aromatic nitrogens is 2. The second-order valence-electron chi connectivity index (χ2n) is 4.25. The molecule has 0 atom stereocenters. The fourth-order valence-electron chi connectivity index (χ4n) is 1.94. The second kappa shape index (κ2) is 5.67.